The molecule has 8 heteroatoms. The monoisotopic (exact) mass is 323 g/mol. The third-order valence-electron chi connectivity index (χ3n) is 3.03. The lowest BCUT2D eigenvalue weighted by Crippen LogP contribution is -2.27. The number of ether oxygens (including phenoxy) is 1. The summed E-state index contributed by atoms with van der Waals surface area (Å²) in [7, 11) is 1.20. The summed E-state index contributed by atoms with van der Waals surface area (Å²) in [5.74, 6) is -3.94. The van der Waals surface area contributed by atoms with Gasteiger partial charge in [0.15, 0.2) is 11.6 Å². The molecule has 1 aromatic carbocycles. The molecule has 0 N–H and O–H groups in total. The van der Waals surface area contributed by atoms with Gasteiger partial charge in [0.25, 0.3) is 0 Å². The molecule has 0 aromatic heterocycles. The smallest absolute Gasteiger partial charge is 0.311 e. The van der Waals surface area contributed by atoms with Gasteiger partial charge in [-0.05, 0) is 6.07 Å². The molecule has 1 saturated heterocycles. The first-order valence-electron chi connectivity index (χ1n) is 5.58. The van der Waals surface area contributed by atoms with Gasteiger partial charge in [-0.1, -0.05) is 23.2 Å². The van der Waals surface area contributed by atoms with E-state index in [1.165, 1.54) is 7.11 Å². The fraction of sp³-hybridized carbons (Fsp3) is 0.333. The normalized spacial score (nSPS) is 18.6. The second-order valence-electron chi connectivity index (χ2n) is 4.25. The Balaban J connectivity index is 2.38. The Labute approximate surface area is 123 Å². The van der Waals surface area contributed by atoms with Gasteiger partial charge in [0.1, 0.15) is 5.02 Å². The second kappa shape index (κ2) is 5.54. The van der Waals surface area contributed by atoms with Crippen LogP contribution in [0.2, 0.25) is 10.0 Å². The van der Waals surface area contributed by atoms with E-state index in [4.69, 9.17) is 23.2 Å². The van der Waals surface area contributed by atoms with E-state index in [1.807, 2.05) is 0 Å². The minimum Gasteiger partial charge on any atom is -0.469 e. The van der Waals surface area contributed by atoms with Crippen molar-refractivity contribution in [2.24, 2.45) is 5.92 Å². The Hall–Kier alpha value is -1.40. The van der Waals surface area contributed by atoms with Gasteiger partial charge in [-0.25, -0.2) is 8.78 Å². The lowest BCUT2D eigenvalue weighted by Gasteiger charge is -2.18. The molecule has 20 heavy (non-hydrogen) atoms. The van der Waals surface area contributed by atoms with Crippen molar-refractivity contribution < 1.29 is 23.1 Å². The largest absolute Gasteiger partial charge is 0.469 e. The summed E-state index contributed by atoms with van der Waals surface area (Å²) >= 11 is 11.1. The standard InChI is InChI=1S/C12H9Cl2F2NO3/c1-20-12(19)5-2-8(18)17(4-5)7-3-6(13)10(15)9(14)11(7)16/h3,5H,2,4H2,1H3. The lowest BCUT2D eigenvalue weighted by molar-refractivity contribution is -0.145. The van der Waals surface area contributed by atoms with E-state index in [2.05, 4.69) is 4.74 Å². The molecule has 108 valence electrons. The Morgan fingerprint density at radius 3 is 2.65 bits per heavy atom. The molecule has 1 aliphatic heterocycles. The highest BCUT2D eigenvalue weighted by Crippen LogP contribution is 2.36. The van der Waals surface area contributed by atoms with Gasteiger partial charge in [-0.15, -0.1) is 0 Å². The molecule has 0 aliphatic carbocycles. The highest BCUT2D eigenvalue weighted by atomic mass is 35.5. The predicted octanol–water partition coefficient (Wildman–Crippen LogP) is 2.80. The summed E-state index contributed by atoms with van der Waals surface area (Å²) < 4.78 is 31.8. The van der Waals surface area contributed by atoms with Crippen LogP contribution in [0, 0.1) is 17.6 Å². The van der Waals surface area contributed by atoms with Crippen LogP contribution in [0.4, 0.5) is 14.5 Å². The third-order valence-corrected chi connectivity index (χ3v) is 3.64. The van der Waals surface area contributed by atoms with Crippen LogP contribution in [0.1, 0.15) is 6.42 Å². The van der Waals surface area contributed by atoms with Crippen molar-refractivity contribution in [3.05, 3.63) is 27.7 Å². The molecule has 1 aromatic rings. The van der Waals surface area contributed by atoms with Gasteiger partial charge in [0.05, 0.1) is 23.7 Å². The van der Waals surface area contributed by atoms with Crippen molar-refractivity contribution in [3.8, 4) is 0 Å². The summed E-state index contributed by atoms with van der Waals surface area (Å²) in [6.45, 7) is -0.0687. The third kappa shape index (κ3) is 2.45. The molecule has 2 rings (SSSR count). The first kappa shape index (κ1) is 15.0. The lowest BCUT2D eigenvalue weighted by atomic mass is 10.1. The van der Waals surface area contributed by atoms with E-state index in [0.717, 1.165) is 11.0 Å². The predicted molar refractivity (Wildman–Crippen MR) is 68.9 cm³/mol. The zero-order chi connectivity index (χ0) is 15.0. The van der Waals surface area contributed by atoms with Crippen LogP contribution >= 0.6 is 23.2 Å². The van der Waals surface area contributed by atoms with Crippen molar-refractivity contribution in [3.63, 3.8) is 0 Å². The maximum absolute atomic E-state index is 13.9. The second-order valence-corrected chi connectivity index (χ2v) is 5.03. The van der Waals surface area contributed by atoms with Crippen LogP contribution in [-0.2, 0) is 14.3 Å². The van der Waals surface area contributed by atoms with Gasteiger partial charge < -0.3 is 9.64 Å². The van der Waals surface area contributed by atoms with E-state index < -0.39 is 39.5 Å². The zero-order valence-electron chi connectivity index (χ0n) is 10.3. The van der Waals surface area contributed by atoms with Crippen LogP contribution in [-0.4, -0.2) is 25.5 Å². The fourth-order valence-electron chi connectivity index (χ4n) is 2.02. The highest BCUT2D eigenvalue weighted by molar-refractivity contribution is 6.35. The Kier molecular flexibility index (Phi) is 4.15. The van der Waals surface area contributed by atoms with Gasteiger partial charge in [-0.2, -0.15) is 0 Å². The van der Waals surface area contributed by atoms with Gasteiger partial charge in [0, 0.05) is 13.0 Å². The first-order valence-corrected chi connectivity index (χ1v) is 6.33. The zero-order valence-corrected chi connectivity index (χ0v) is 11.8. The van der Waals surface area contributed by atoms with Crippen molar-refractivity contribution >= 4 is 40.8 Å². The topological polar surface area (TPSA) is 46.6 Å². The number of hydrogen-bond donors (Lipinski definition) is 0. The number of esters is 1. The molecular weight excluding hydrogens is 315 g/mol. The Bertz CT molecular complexity index is 595. The Morgan fingerprint density at radius 1 is 1.40 bits per heavy atom. The number of benzene rings is 1. The minimum absolute atomic E-state index is 0.0687. The van der Waals surface area contributed by atoms with Gasteiger partial charge >= 0.3 is 5.97 Å². The van der Waals surface area contributed by atoms with Crippen LogP contribution < -0.4 is 4.90 Å². The average Bonchev–Trinajstić information content (AvgIpc) is 2.81. The molecule has 0 radical (unpaired) electrons. The fourth-order valence-corrected chi connectivity index (χ4v) is 2.47. The molecule has 1 unspecified atom stereocenters. The van der Waals surface area contributed by atoms with E-state index in [1.54, 1.807) is 0 Å². The van der Waals surface area contributed by atoms with Crippen LogP contribution in [0.3, 0.4) is 0 Å². The number of carbonyl (C=O) groups is 2. The summed E-state index contributed by atoms with van der Waals surface area (Å²) in [6, 6.07) is 0.968. The van der Waals surface area contributed by atoms with E-state index in [9.17, 15) is 18.4 Å². The summed E-state index contributed by atoms with van der Waals surface area (Å²) in [4.78, 5) is 24.2. The van der Waals surface area contributed by atoms with E-state index >= 15 is 0 Å². The number of carbonyl (C=O) groups excluding carboxylic acids is 2. The van der Waals surface area contributed by atoms with E-state index in [0.29, 0.717) is 0 Å². The molecule has 1 aliphatic rings. The molecule has 1 atom stereocenters. The molecule has 1 amide bonds. The van der Waals surface area contributed by atoms with Crippen molar-refractivity contribution in [2.45, 2.75) is 6.42 Å². The van der Waals surface area contributed by atoms with Crippen molar-refractivity contribution in [1.29, 1.82) is 0 Å². The molecule has 0 saturated carbocycles. The van der Waals surface area contributed by atoms with Crippen LogP contribution in [0.25, 0.3) is 0 Å². The molecule has 0 bridgehead atoms. The quantitative estimate of drug-likeness (QED) is 0.477. The van der Waals surface area contributed by atoms with Crippen molar-refractivity contribution in [2.75, 3.05) is 18.6 Å². The number of anilines is 1. The minimum atomic E-state index is -1.09. The first-order chi connectivity index (χ1) is 9.36. The molecule has 0 spiro atoms. The van der Waals surface area contributed by atoms with Crippen LogP contribution in [0.15, 0.2) is 6.07 Å². The van der Waals surface area contributed by atoms with Gasteiger partial charge in [0.2, 0.25) is 5.91 Å². The maximum Gasteiger partial charge on any atom is 0.311 e. The molecule has 1 fully saturated rings. The SMILES string of the molecule is COC(=O)C1CC(=O)N(c2cc(Cl)c(F)c(Cl)c2F)C1. The summed E-state index contributed by atoms with van der Waals surface area (Å²) in [6.07, 6.45) is -0.112. The van der Waals surface area contributed by atoms with Crippen LogP contribution in [0.5, 0.6) is 0 Å². The number of halogens is 4. The maximum atomic E-state index is 13.9. The van der Waals surface area contributed by atoms with Gasteiger partial charge in [-0.3, -0.25) is 9.59 Å². The molecule has 1 heterocycles. The Morgan fingerprint density at radius 2 is 2.05 bits per heavy atom. The number of nitrogens with zero attached hydrogens (tertiary/aromatic N) is 1. The number of rotatable bonds is 2. The number of amides is 1. The highest BCUT2D eigenvalue weighted by Gasteiger charge is 2.37. The summed E-state index contributed by atoms with van der Waals surface area (Å²) in [5.41, 5.74) is -0.252. The van der Waals surface area contributed by atoms with E-state index in [-0.39, 0.29) is 18.7 Å². The molecule has 4 nitrogen and oxygen atoms in total. The summed E-state index contributed by atoms with van der Waals surface area (Å²) in [5, 5.41) is -1.19. The average molecular weight is 324 g/mol. The molecular formula is C12H9Cl2F2NO3. The van der Waals surface area contributed by atoms with Crippen molar-refractivity contribution in [1.82, 2.24) is 0 Å². The number of methoxy groups -OCH3 is 1. The number of hydrogen-bond acceptors (Lipinski definition) is 3.